The van der Waals surface area contributed by atoms with Crippen LogP contribution in [-0.2, 0) is 15.9 Å². The van der Waals surface area contributed by atoms with Crippen molar-refractivity contribution < 1.29 is 14.6 Å². The Hall–Kier alpha value is -1.32. The fourth-order valence-corrected chi connectivity index (χ4v) is 1.62. The fourth-order valence-electron chi connectivity index (χ4n) is 1.62. The van der Waals surface area contributed by atoms with Crippen LogP contribution < -0.4 is 0 Å². The molecule has 3 heteroatoms. The number of phenolic OH excluding ortho intramolecular Hbond substituents is 1. The summed E-state index contributed by atoms with van der Waals surface area (Å²) < 4.78 is 9.88. The van der Waals surface area contributed by atoms with E-state index >= 15 is 0 Å². The van der Waals surface area contributed by atoms with Crippen molar-refractivity contribution >= 4 is 0 Å². The van der Waals surface area contributed by atoms with Gasteiger partial charge in [0, 0.05) is 5.56 Å². The summed E-state index contributed by atoms with van der Waals surface area (Å²) in [6.45, 7) is 7.45. The lowest BCUT2D eigenvalue weighted by Crippen LogP contribution is -1.91. The van der Waals surface area contributed by atoms with E-state index in [1.54, 1.807) is 6.07 Å². The first-order valence-corrected chi connectivity index (χ1v) is 5.87. The van der Waals surface area contributed by atoms with Gasteiger partial charge in [0.15, 0.2) is 0 Å². The third kappa shape index (κ3) is 3.58. The summed E-state index contributed by atoms with van der Waals surface area (Å²) in [6, 6.07) is 5.54. The average Bonchev–Trinajstić information content (AvgIpc) is 3.16. The smallest absolute Gasteiger partial charge is 0.121 e. The van der Waals surface area contributed by atoms with Gasteiger partial charge in [-0.05, 0) is 25.0 Å². The molecule has 2 aliphatic heterocycles. The third-order valence-electron chi connectivity index (χ3n) is 2.69. The number of epoxide rings is 2. The third-order valence-corrected chi connectivity index (χ3v) is 2.69. The van der Waals surface area contributed by atoms with Gasteiger partial charge in [-0.25, -0.2) is 0 Å². The highest BCUT2D eigenvalue weighted by molar-refractivity contribution is 5.43. The highest BCUT2D eigenvalue weighted by Gasteiger charge is 2.29. The first-order valence-electron chi connectivity index (χ1n) is 5.87. The molecular weight excluding hydrogens is 216 g/mol. The van der Waals surface area contributed by atoms with E-state index in [1.165, 1.54) is 0 Å². The molecule has 0 spiro atoms. The minimum absolute atomic E-state index is 0.108. The van der Waals surface area contributed by atoms with Gasteiger partial charge in [0.1, 0.15) is 11.9 Å². The van der Waals surface area contributed by atoms with Crippen LogP contribution in [0.4, 0.5) is 0 Å². The van der Waals surface area contributed by atoms with Crippen molar-refractivity contribution in [2.24, 2.45) is 0 Å². The zero-order valence-electron chi connectivity index (χ0n) is 10.1. The first kappa shape index (κ1) is 12.1. The maximum absolute atomic E-state index is 9.61. The molecule has 1 aromatic rings. The second-order valence-corrected chi connectivity index (χ2v) is 4.31. The molecule has 2 saturated heterocycles. The van der Waals surface area contributed by atoms with Gasteiger partial charge in [-0.2, -0.15) is 0 Å². The summed E-state index contributed by atoms with van der Waals surface area (Å²) >= 11 is 0. The second-order valence-electron chi connectivity index (χ2n) is 4.31. The van der Waals surface area contributed by atoms with Gasteiger partial charge in [-0.15, -0.1) is 6.58 Å². The van der Waals surface area contributed by atoms with Crippen molar-refractivity contribution in [3.05, 3.63) is 42.0 Å². The van der Waals surface area contributed by atoms with Crippen molar-refractivity contribution in [1.82, 2.24) is 0 Å². The molecule has 0 radical (unpaired) electrons. The van der Waals surface area contributed by atoms with Crippen LogP contribution in [0.5, 0.6) is 5.75 Å². The van der Waals surface area contributed by atoms with Crippen LogP contribution >= 0.6 is 0 Å². The lowest BCUT2D eigenvalue weighted by Gasteiger charge is -2.06. The SMILES string of the molecule is C=CCc1cccc(O)c1C1CO1.CC1CO1. The Labute approximate surface area is 102 Å². The van der Waals surface area contributed by atoms with Crippen molar-refractivity contribution in [3.8, 4) is 5.75 Å². The van der Waals surface area contributed by atoms with Crippen LogP contribution in [0.1, 0.15) is 24.2 Å². The summed E-state index contributed by atoms with van der Waals surface area (Å²) in [4.78, 5) is 0. The van der Waals surface area contributed by atoms with Gasteiger partial charge in [0.2, 0.25) is 0 Å². The molecule has 1 N–H and O–H groups in total. The van der Waals surface area contributed by atoms with E-state index in [0.29, 0.717) is 11.9 Å². The Morgan fingerprint density at radius 1 is 1.41 bits per heavy atom. The van der Waals surface area contributed by atoms with Crippen molar-refractivity contribution in [2.75, 3.05) is 13.2 Å². The molecule has 2 fully saturated rings. The summed E-state index contributed by atoms with van der Waals surface area (Å²) in [5.74, 6) is 0.335. The molecule has 1 aromatic carbocycles. The van der Waals surface area contributed by atoms with Crippen LogP contribution in [0.15, 0.2) is 30.9 Å². The van der Waals surface area contributed by atoms with Crippen molar-refractivity contribution in [1.29, 1.82) is 0 Å². The maximum atomic E-state index is 9.61. The summed E-state index contributed by atoms with van der Waals surface area (Å²) in [7, 11) is 0. The first-order chi connectivity index (χ1) is 8.22. The number of benzene rings is 1. The topological polar surface area (TPSA) is 45.3 Å². The van der Waals surface area contributed by atoms with E-state index in [4.69, 9.17) is 9.47 Å². The van der Waals surface area contributed by atoms with Gasteiger partial charge < -0.3 is 14.6 Å². The normalized spacial score (nSPS) is 24.5. The zero-order chi connectivity index (χ0) is 12.3. The lowest BCUT2D eigenvalue weighted by atomic mass is 10.0. The highest BCUT2D eigenvalue weighted by Crippen LogP contribution is 2.38. The van der Waals surface area contributed by atoms with Crippen LogP contribution in [0.3, 0.4) is 0 Å². The van der Waals surface area contributed by atoms with E-state index < -0.39 is 0 Å². The summed E-state index contributed by atoms with van der Waals surface area (Å²) in [5.41, 5.74) is 2.04. The number of hydrogen-bond donors (Lipinski definition) is 1. The van der Waals surface area contributed by atoms with Crippen molar-refractivity contribution in [3.63, 3.8) is 0 Å². The standard InChI is InChI=1S/C11H12O2.C3H6O/c1-2-4-8-5-3-6-9(12)11(8)10-7-13-10;1-3-2-4-3/h2-3,5-6,10,12H,1,4,7H2;3H,2H2,1H3. The molecule has 0 saturated carbocycles. The van der Waals surface area contributed by atoms with E-state index in [2.05, 4.69) is 13.5 Å². The van der Waals surface area contributed by atoms with Gasteiger partial charge >= 0.3 is 0 Å². The van der Waals surface area contributed by atoms with Crippen molar-refractivity contribution in [2.45, 2.75) is 25.6 Å². The Bertz CT molecular complexity index is 392. The molecular formula is C14H18O3. The number of hydrogen-bond acceptors (Lipinski definition) is 3. The van der Waals surface area contributed by atoms with Crippen LogP contribution in [0.25, 0.3) is 0 Å². The molecule has 3 nitrogen and oxygen atoms in total. The number of ether oxygens (including phenoxy) is 2. The predicted molar refractivity (Wildman–Crippen MR) is 66.1 cm³/mol. The molecule has 2 aliphatic rings. The second kappa shape index (κ2) is 5.34. The Kier molecular flexibility index (Phi) is 3.82. The minimum atomic E-state index is 0.108. The maximum Gasteiger partial charge on any atom is 0.121 e. The zero-order valence-corrected chi connectivity index (χ0v) is 10.1. The lowest BCUT2D eigenvalue weighted by molar-refractivity contribution is 0.399. The van der Waals surface area contributed by atoms with E-state index in [0.717, 1.165) is 30.8 Å². The molecule has 0 amide bonds. The molecule has 2 unspecified atom stereocenters. The quantitative estimate of drug-likeness (QED) is 0.646. The molecule has 92 valence electrons. The average molecular weight is 234 g/mol. The molecule has 2 heterocycles. The largest absolute Gasteiger partial charge is 0.508 e. The Morgan fingerprint density at radius 2 is 2.06 bits per heavy atom. The number of aromatic hydroxyl groups is 1. The van der Waals surface area contributed by atoms with Crippen LogP contribution in [-0.4, -0.2) is 24.4 Å². The van der Waals surface area contributed by atoms with Crippen LogP contribution in [0, 0.1) is 0 Å². The monoisotopic (exact) mass is 234 g/mol. The molecule has 0 aliphatic carbocycles. The van der Waals surface area contributed by atoms with Gasteiger partial charge in [-0.1, -0.05) is 18.2 Å². The number of rotatable bonds is 3. The number of phenols is 1. The molecule has 2 atom stereocenters. The molecule has 0 aromatic heterocycles. The Balaban J connectivity index is 0.000000228. The molecule has 17 heavy (non-hydrogen) atoms. The van der Waals surface area contributed by atoms with Gasteiger partial charge in [0.05, 0.1) is 19.3 Å². The van der Waals surface area contributed by atoms with E-state index in [9.17, 15) is 5.11 Å². The Morgan fingerprint density at radius 3 is 2.53 bits per heavy atom. The fraction of sp³-hybridized carbons (Fsp3) is 0.429. The summed E-state index contributed by atoms with van der Waals surface area (Å²) in [5, 5.41) is 9.61. The molecule has 0 bridgehead atoms. The summed E-state index contributed by atoms with van der Waals surface area (Å²) in [6.07, 6.45) is 3.31. The minimum Gasteiger partial charge on any atom is -0.508 e. The van der Waals surface area contributed by atoms with E-state index in [-0.39, 0.29) is 6.10 Å². The predicted octanol–water partition coefficient (Wildman–Crippen LogP) is 2.60. The molecule has 3 rings (SSSR count). The van der Waals surface area contributed by atoms with E-state index in [1.807, 2.05) is 18.2 Å². The highest BCUT2D eigenvalue weighted by atomic mass is 16.6. The number of allylic oxidation sites excluding steroid dienone is 1. The van der Waals surface area contributed by atoms with Gasteiger partial charge in [-0.3, -0.25) is 0 Å². The van der Waals surface area contributed by atoms with Crippen LogP contribution in [0.2, 0.25) is 0 Å². The van der Waals surface area contributed by atoms with Gasteiger partial charge in [0.25, 0.3) is 0 Å².